The SMILES string of the molecule is CCO[C@H]1O[C@H](CO[C@H]2O[C@H](COC(C)=O)[C@H](OC(C)=O)[C@H](OC(C)=O)[C@H]2N=C=S)[C@@H](OC(C)=O)[C@H](OC(C)=O)[C@H]1N=C=S. The molecule has 2 saturated heterocycles. The number of carbonyl (C=O) groups excluding carboxylic acids is 5. The molecule has 0 unspecified atom stereocenters. The predicted octanol–water partition coefficient (Wildman–Crippen LogP) is 0.722. The molecule has 0 bridgehead atoms. The number of carbonyl (C=O) groups is 5. The Labute approximate surface area is 263 Å². The van der Waals surface area contributed by atoms with Crippen LogP contribution in [0, 0.1) is 0 Å². The Morgan fingerprint density at radius 1 is 0.614 bits per heavy atom. The Bertz CT molecular complexity index is 1160. The van der Waals surface area contributed by atoms with Crippen LogP contribution < -0.4 is 0 Å². The fourth-order valence-electron chi connectivity index (χ4n) is 4.60. The average molecular weight is 663 g/mol. The second-order valence-corrected chi connectivity index (χ2v) is 9.76. The van der Waals surface area contributed by atoms with Gasteiger partial charge in [-0.1, -0.05) is 0 Å². The molecule has 0 radical (unpaired) electrons. The molecule has 0 amide bonds. The van der Waals surface area contributed by atoms with Gasteiger partial charge in [-0.05, 0) is 31.4 Å². The molecule has 0 aromatic carbocycles. The molecule has 16 nitrogen and oxygen atoms in total. The molecule has 44 heavy (non-hydrogen) atoms. The Morgan fingerprint density at radius 3 is 1.36 bits per heavy atom. The largest absolute Gasteiger partial charge is 0.463 e. The van der Waals surface area contributed by atoms with Gasteiger partial charge in [-0.2, -0.15) is 0 Å². The Balaban J connectivity index is 2.50. The minimum Gasteiger partial charge on any atom is -0.463 e. The maximum atomic E-state index is 12.1. The van der Waals surface area contributed by atoms with Crippen LogP contribution in [0.25, 0.3) is 0 Å². The average Bonchev–Trinajstić information content (AvgIpc) is 2.91. The first kappa shape index (κ1) is 37.0. The van der Waals surface area contributed by atoms with Crippen molar-refractivity contribution >= 4 is 64.6 Å². The van der Waals surface area contributed by atoms with Crippen molar-refractivity contribution in [3.05, 3.63) is 0 Å². The first-order chi connectivity index (χ1) is 20.8. The molecule has 10 atom stereocenters. The summed E-state index contributed by atoms with van der Waals surface area (Å²) in [6.07, 6.45) is -10.0. The molecule has 2 aliphatic rings. The summed E-state index contributed by atoms with van der Waals surface area (Å²) in [5, 5.41) is 4.39. The summed E-state index contributed by atoms with van der Waals surface area (Å²) in [5.74, 6) is -3.63. The van der Waals surface area contributed by atoms with E-state index in [1.165, 1.54) is 0 Å². The highest BCUT2D eigenvalue weighted by molar-refractivity contribution is 7.78. The van der Waals surface area contributed by atoms with Crippen LogP contribution in [-0.2, 0) is 66.6 Å². The molecule has 0 aromatic heterocycles. The Kier molecular flexibility index (Phi) is 15.1. The number of esters is 5. The third kappa shape index (κ3) is 10.7. The summed E-state index contributed by atoms with van der Waals surface area (Å²) in [6, 6.07) is -2.30. The van der Waals surface area contributed by atoms with Gasteiger partial charge in [-0.25, -0.2) is 9.98 Å². The Morgan fingerprint density at radius 2 is 1.00 bits per heavy atom. The standard InChI is InChI=1S/C26H34N2O14S2/c1-7-34-25-19(27-10-43)23(39-15(5)32)22(38-14(4)31)18(41-25)9-36-26-20(28-11-44)24(40-16(6)33)21(37-13(3)30)17(42-26)8-35-12(2)29/h17-26H,7-9H2,1-6H3/t17-,18-,19-,20-,21+,22-,23-,24-,25+,26+/m1/s1. The van der Waals surface area contributed by atoms with E-state index in [0.717, 1.165) is 34.6 Å². The van der Waals surface area contributed by atoms with Gasteiger partial charge in [-0.3, -0.25) is 24.0 Å². The molecule has 0 spiro atoms. The van der Waals surface area contributed by atoms with E-state index in [4.69, 9.17) is 67.1 Å². The topological polar surface area (TPSA) is 193 Å². The fourth-order valence-corrected chi connectivity index (χ4v) is 4.84. The van der Waals surface area contributed by atoms with E-state index in [1.54, 1.807) is 6.92 Å². The molecule has 244 valence electrons. The number of nitrogens with zero attached hydrogens (tertiary/aromatic N) is 2. The van der Waals surface area contributed by atoms with Gasteiger partial charge < -0.3 is 42.6 Å². The summed E-state index contributed by atoms with van der Waals surface area (Å²) in [4.78, 5) is 67.8. The van der Waals surface area contributed by atoms with Gasteiger partial charge >= 0.3 is 29.8 Å². The molecular formula is C26H34N2O14S2. The number of hydrogen-bond acceptors (Lipinski definition) is 18. The zero-order valence-electron chi connectivity index (χ0n) is 24.8. The number of aliphatic imine (C=N–C) groups is 2. The van der Waals surface area contributed by atoms with Crippen LogP contribution in [0.2, 0.25) is 0 Å². The van der Waals surface area contributed by atoms with Crippen LogP contribution >= 0.6 is 24.4 Å². The molecule has 18 heteroatoms. The minimum atomic E-state index is -1.40. The molecule has 0 saturated carbocycles. The normalized spacial score (nSPS) is 31.2. The number of ether oxygens (including phenoxy) is 9. The smallest absolute Gasteiger partial charge is 0.303 e. The molecule has 0 aliphatic carbocycles. The van der Waals surface area contributed by atoms with Gasteiger partial charge in [0.05, 0.1) is 16.9 Å². The third-order valence-corrected chi connectivity index (χ3v) is 6.26. The van der Waals surface area contributed by atoms with Crippen LogP contribution in [0.5, 0.6) is 0 Å². The maximum absolute atomic E-state index is 12.1. The van der Waals surface area contributed by atoms with E-state index in [9.17, 15) is 24.0 Å². The van der Waals surface area contributed by atoms with E-state index >= 15 is 0 Å². The van der Waals surface area contributed by atoms with E-state index in [2.05, 4.69) is 20.3 Å². The lowest BCUT2D eigenvalue weighted by molar-refractivity contribution is -0.303. The molecule has 0 N–H and O–H groups in total. The zero-order chi connectivity index (χ0) is 33.0. The van der Waals surface area contributed by atoms with Crippen LogP contribution in [0.1, 0.15) is 41.5 Å². The zero-order valence-corrected chi connectivity index (χ0v) is 26.5. The van der Waals surface area contributed by atoms with Crippen molar-refractivity contribution in [3.63, 3.8) is 0 Å². The first-order valence-electron chi connectivity index (χ1n) is 13.3. The molecule has 2 aliphatic heterocycles. The van der Waals surface area contributed by atoms with Gasteiger partial charge in [0.2, 0.25) is 0 Å². The van der Waals surface area contributed by atoms with Gasteiger partial charge in [0.25, 0.3) is 0 Å². The summed E-state index contributed by atoms with van der Waals surface area (Å²) in [7, 11) is 0. The number of rotatable bonds is 13. The number of hydrogen-bond donors (Lipinski definition) is 0. The van der Waals surface area contributed by atoms with Gasteiger partial charge in [0.15, 0.2) is 49.1 Å². The maximum Gasteiger partial charge on any atom is 0.303 e. The molecule has 2 heterocycles. The second kappa shape index (κ2) is 17.9. The van der Waals surface area contributed by atoms with E-state index in [0.29, 0.717) is 0 Å². The minimum absolute atomic E-state index is 0.156. The van der Waals surface area contributed by atoms with Gasteiger partial charge in [-0.15, -0.1) is 0 Å². The Hall–Kier alpha value is -3.21. The fraction of sp³-hybridized carbons (Fsp3) is 0.731. The van der Waals surface area contributed by atoms with Crippen LogP contribution in [0.3, 0.4) is 0 Å². The summed E-state index contributed by atoms with van der Waals surface area (Å²) in [5.41, 5.74) is 0. The lowest BCUT2D eigenvalue weighted by Gasteiger charge is -2.45. The quantitative estimate of drug-likeness (QED) is 0.116. The van der Waals surface area contributed by atoms with Crippen LogP contribution in [-0.4, -0.2) is 121 Å². The molecule has 0 aromatic rings. The van der Waals surface area contributed by atoms with Crippen molar-refractivity contribution < 1.29 is 66.6 Å². The van der Waals surface area contributed by atoms with Crippen LogP contribution in [0.4, 0.5) is 0 Å². The highest BCUT2D eigenvalue weighted by atomic mass is 32.1. The lowest BCUT2D eigenvalue weighted by atomic mass is 9.95. The monoisotopic (exact) mass is 662 g/mol. The van der Waals surface area contributed by atoms with Crippen molar-refractivity contribution in [2.24, 2.45) is 9.98 Å². The first-order valence-corrected chi connectivity index (χ1v) is 14.1. The summed E-state index contributed by atoms with van der Waals surface area (Å²) in [6.45, 7) is 6.70. The van der Waals surface area contributed by atoms with Crippen molar-refractivity contribution in [1.82, 2.24) is 0 Å². The highest BCUT2D eigenvalue weighted by Gasteiger charge is 2.54. The predicted molar refractivity (Wildman–Crippen MR) is 151 cm³/mol. The van der Waals surface area contributed by atoms with E-state index in [-0.39, 0.29) is 6.61 Å². The molecule has 2 fully saturated rings. The molecule has 2 rings (SSSR count). The van der Waals surface area contributed by atoms with Crippen molar-refractivity contribution in [2.45, 2.75) is 103 Å². The van der Waals surface area contributed by atoms with Gasteiger partial charge in [0.1, 0.15) is 18.8 Å². The highest BCUT2D eigenvalue weighted by Crippen LogP contribution is 2.33. The number of isothiocyanates is 2. The van der Waals surface area contributed by atoms with Crippen molar-refractivity contribution in [1.29, 1.82) is 0 Å². The third-order valence-electron chi connectivity index (χ3n) is 6.05. The van der Waals surface area contributed by atoms with E-state index < -0.39 is 104 Å². The summed E-state index contributed by atoms with van der Waals surface area (Å²) >= 11 is 9.54. The summed E-state index contributed by atoms with van der Waals surface area (Å²) < 4.78 is 50.6. The van der Waals surface area contributed by atoms with Gasteiger partial charge in [0, 0.05) is 41.2 Å². The van der Waals surface area contributed by atoms with Crippen molar-refractivity contribution in [3.8, 4) is 0 Å². The lowest BCUT2D eigenvalue weighted by Crippen LogP contribution is -2.63. The van der Waals surface area contributed by atoms with Crippen molar-refractivity contribution in [2.75, 3.05) is 19.8 Å². The van der Waals surface area contributed by atoms with E-state index in [1.807, 2.05) is 0 Å². The van der Waals surface area contributed by atoms with Crippen LogP contribution in [0.15, 0.2) is 9.98 Å². The number of thiocarbonyl (C=S) groups is 2. The molecular weight excluding hydrogens is 628 g/mol. The second-order valence-electron chi connectivity index (χ2n) is 9.40.